The van der Waals surface area contributed by atoms with Gasteiger partial charge in [-0.2, -0.15) is 26.3 Å². The first-order chi connectivity index (χ1) is 18.1. The molecule has 6 nitrogen and oxygen atoms in total. The summed E-state index contributed by atoms with van der Waals surface area (Å²) in [7, 11) is 2.34. The molecule has 3 aromatic carbocycles. The monoisotopic (exact) mass is 553 g/mol. The van der Waals surface area contributed by atoms with E-state index in [4.69, 9.17) is 4.42 Å². The zero-order valence-electron chi connectivity index (χ0n) is 20.6. The molecule has 1 aromatic heterocycles. The van der Waals surface area contributed by atoms with Crippen LogP contribution in [0.2, 0.25) is 0 Å². The second kappa shape index (κ2) is 9.60. The molecule has 4 rings (SSSR count). The number of hydrogen-bond donors (Lipinski definition) is 1. The van der Waals surface area contributed by atoms with E-state index in [0.717, 1.165) is 61.1 Å². The minimum atomic E-state index is -5.31. The molecule has 0 amide bonds. The molecule has 206 valence electrons. The smallest absolute Gasteiger partial charge is 0.422 e. The van der Waals surface area contributed by atoms with Crippen molar-refractivity contribution in [3.05, 3.63) is 93.5 Å². The second-order valence-corrected chi connectivity index (χ2v) is 8.97. The third-order valence-corrected chi connectivity index (χ3v) is 6.73. The van der Waals surface area contributed by atoms with Gasteiger partial charge in [0.05, 0.1) is 23.8 Å². The first-order valence-electron chi connectivity index (χ1n) is 11.4. The van der Waals surface area contributed by atoms with Gasteiger partial charge in [0, 0.05) is 13.0 Å². The maximum atomic E-state index is 14.7. The van der Waals surface area contributed by atoms with Crippen molar-refractivity contribution < 1.29 is 45.4 Å². The van der Waals surface area contributed by atoms with Crippen molar-refractivity contribution in [2.45, 2.75) is 30.8 Å². The van der Waals surface area contributed by atoms with Crippen LogP contribution >= 0.6 is 0 Å². The van der Waals surface area contributed by atoms with Gasteiger partial charge < -0.3 is 14.3 Å². The number of aryl methyl sites for hydroxylation is 1. The van der Waals surface area contributed by atoms with Gasteiger partial charge in [-0.1, -0.05) is 31.2 Å². The molecule has 0 spiro atoms. The number of aliphatic hydroxyl groups is 1. The maximum absolute atomic E-state index is 14.7. The molecule has 12 heteroatoms. The van der Waals surface area contributed by atoms with Gasteiger partial charge in [-0.3, -0.25) is 4.57 Å². The van der Waals surface area contributed by atoms with E-state index in [1.165, 1.54) is 25.2 Å². The van der Waals surface area contributed by atoms with Gasteiger partial charge in [0.1, 0.15) is 0 Å². The summed E-state index contributed by atoms with van der Waals surface area (Å²) in [5.74, 6) is -3.60. The summed E-state index contributed by atoms with van der Waals surface area (Å²) >= 11 is 0. The zero-order valence-corrected chi connectivity index (χ0v) is 20.6. The fourth-order valence-corrected chi connectivity index (χ4v) is 4.54. The molecule has 39 heavy (non-hydrogen) atoms. The van der Waals surface area contributed by atoms with Crippen LogP contribution in [0.5, 0.6) is 0 Å². The molecule has 0 saturated heterocycles. The number of benzene rings is 3. The van der Waals surface area contributed by atoms with Crippen molar-refractivity contribution in [1.82, 2.24) is 4.57 Å². The van der Waals surface area contributed by atoms with Gasteiger partial charge in [0.2, 0.25) is 0 Å². The van der Waals surface area contributed by atoms with Crippen molar-refractivity contribution in [2.24, 2.45) is 7.05 Å². The number of esters is 1. The molecular weight excluding hydrogens is 532 g/mol. The minimum Gasteiger partial charge on any atom is -0.465 e. The summed E-state index contributed by atoms with van der Waals surface area (Å²) in [6.45, 7) is 1.04. The Hall–Kier alpha value is -4.06. The Kier molecular flexibility index (Phi) is 6.88. The van der Waals surface area contributed by atoms with Crippen LogP contribution in [0.25, 0.3) is 22.2 Å². The van der Waals surface area contributed by atoms with Crippen LogP contribution < -0.4 is 5.76 Å². The Bertz CT molecular complexity index is 1620. The summed E-state index contributed by atoms with van der Waals surface area (Å²) < 4.78 is 95.0. The standard InChI is InChI=1S/C27H21F6NO5/c1-14(25(37,27(31,32)33)17-8-10-22-21(13-17)34(2)24(36)39-22)20-12-16(23(35)38-3)7-9-19(20)15-5-4-6-18(11-15)26(28,29)30/h4-14,37H,1-3H3. The van der Waals surface area contributed by atoms with Gasteiger partial charge in [-0.15, -0.1) is 0 Å². The summed E-state index contributed by atoms with van der Waals surface area (Å²) in [5.41, 5.74) is -5.92. The number of aromatic nitrogens is 1. The normalized spacial score (nSPS) is 14.7. The average molecular weight is 553 g/mol. The van der Waals surface area contributed by atoms with Crippen LogP contribution in [0.3, 0.4) is 0 Å². The first kappa shape index (κ1) is 28.0. The average Bonchev–Trinajstić information content (AvgIpc) is 3.18. The lowest BCUT2D eigenvalue weighted by atomic mass is 9.75. The van der Waals surface area contributed by atoms with E-state index in [0.29, 0.717) is 0 Å². The topological polar surface area (TPSA) is 81.7 Å². The number of carbonyl (C=O) groups is 1. The van der Waals surface area contributed by atoms with E-state index in [1.54, 1.807) is 0 Å². The van der Waals surface area contributed by atoms with Gasteiger partial charge >= 0.3 is 24.1 Å². The van der Waals surface area contributed by atoms with Crippen LogP contribution in [0.1, 0.15) is 39.9 Å². The lowest BCUT2D eigenvalue weighted by molar-refractivity contribution is -0.274. The molecule has 1 heterocycles. The number of oxazole rings is 1. The molecule has 0 aliphatic carbocycles. The molecule has 0 aliphatic rings. The van der Waals surface area contributed by atoms with Gasteiger partial charge in [-0.05, 0) is 58.7 Å². The number of hydrogen-bond acceptors (Lipinski definition) is 5. The van der Waals surface area contributed by atoms with Crippen molar-refractivity contribution in [3.63, 3.8) is 0 Å². The SMILES string of the molecule is COC(=O)c1ccc(-c2cccc(C(F)(F)F)c2)c(C(C)C(O)(c2ccc3oc(=O)n(C)c3c2)C(F)(F)F)c1. The Morgan fingerprint density at radius 2 is 1.67 bits per heavy atom. The second-order valence-electron chi connectivity index (χ2n) is 8.97. The summed E-state index contributed by atoms with van der Waals surface area (Å²) in [6, 6.07) is 10.4. The molecular formula is C27H21F6NO5. The first-order valence-corrected chi connectivity index (χ1v) is 11.4. The lowest BCUT2D eigenvalue weighted by Gasteiger charge is -2.37. The van der Waals surface area contributed by atoms with Crippen LogP contribution in [-0.2, 0) is 23.6 Å². The van der Waals surface area contributed by atoms with Crippen molar-refractivity contribution in [1.29, 1.82) is 0 Å². The summed E-state index contributed by atoms with van der Waals surface area (Å²) in [6.07, 6.45) is -10.0. The zero-order chi connectivity index (χ0) is 28.9. The van der Waals surface area contributed by atoms with E-state index < -0.39 is 46.7 Å². The maximum Gasteiger partial charge on any atom is 0.422 e. The fourth-order valence-electron chi connectivity index (χ4n) is 4.54. The number of methoxy groups -OCH3 is 1. The highest BCUT2D eigenvalue weighted by atomic mass is 19.4. The predicted molar refractivity (Wildman–Crippen MR) is 128 cm³/mol. The van der Waals surface area contributed by atoms with Crippen LogP contribution in [0.15, 0.2) is 69.9 Å². The van der Waals surface area contributed by atoms with E-state index in [-0.39, 0.29) is 33.4 Å². The number of halogens is 6. The lowest BCUT2D eigenvalue weighted by Crippen LogP contribution is -2.46. The largest absolute Gasteiger partial charge is 0.465 e. The van der Waals surface area contributed by atoms with Crippen molar-refractivity contribution in [3.8, 4) is 11.1 Å². The third kappa shape index (κ3) is 4.80. The van der Waals surface area contributed by atoms with E-state index in [2.05, 4.69) is 4.74 Å². The molecule has 0 fully saturated rings. The Morgan fingerprint density at radius 1 is 0.974 bits per heavy atom. The van der Waals surface area contributed by atoms with Crippen molar-refractivity contribution in [2.75, 3.05) is 7.11 Å². The van der Waals surface area contributed by atoms with Crippen LogP contribution in [-0.4, -0.2) is 28.9 Å². The molecule has 2 unspecified atom stereocenters. The molecule has 1 N–H and O–H groups in total. The molecule has 2 atom stereocenters. The number of carbonyl (C=O) groups excluding carboxylic acids is 1. The summed E-state index contributed by atoms with van der Waals surface area (Å²) in [4.78, 5) is 24.1. The van der Waals surface area contributed by atoms with E-state index >= 15 is 0 Å². The van der Waals surface area contributed by atoms with Crippen LogP contribution in [0, 0.1) is 0 Å². The number of alkyl halides is 6. The molecule has 0 aliphatic heterocycles. The third-order valence-electron chi connectivity index (χ3n) is 6.73. The summed E-state index contributed by atoms with van der Waals surface area (Å²) in [5, 5.41) is 11.4. The van der Waals surface area contributed by atoms with Crippen LogP contribution in [0.4, 0.5) is 26.3 Å². The number of fused-ring (bicyclic) bond motifs is 1. The molecule has 0 saturated carbocycles. The van der Waals surface area contributed by atoms with Crippen molar-refractivity contribution >= 4 is 17.1 Å². The Labute approximate surface area is 217 Å². The molecule has 0 radical (unpaired) electrons. The fraction of sp³-hybridized carbons (Fsp3) is 0.259. The van der Waals surface area contributed by atoms with E-state index in [1.807, 2.05) is 0 Å². The Balaban J connectivity index is 1.99. The van der Waals surface area contributed by atoms with E-state index in [9.17, 15) is 41.0 Å². The minimum absolute atomic E-state index is 0.0132. The number of rotatable bonds is 5. The highest BCUT2D eigenvalue weighted by Gasteiger charge is 2.59. The van der Waals surface area contributed by atoms with Gasteiger partial charge in [0.25, 0.3) is 0 Å². The van der Waals surface area contributed by atoms with Gasteiger partial charge in [-0.25, -0.2) is 9.59 Å². The van der Waals surface area contributed by atoms with Gasteiger partial charge in [0.15, 0.2) is 11.2 Å². The molecule has 0 bridgehead atoms. The predicted octanol–water partition coefficient (Wildman–Crippen LogP) is 6.16. The highest BCUT2D eigenvalue weighted by molar-refractivity contribution is 5.90. The Morgan fingerprint density at radius 3 is 2.28 bits per heavy atom. The number of ether oxygens (including phenoxy) is 1. The quantitative estimate of drug-likeness (QED) is 0.237. The molecule has 4 aromatic rings. The number of nitrogens with zero attached hydrogens (tertiary/aromatic N) is 1. The highest BCUT2D eigenvalue weighted by Crippen LogP contribution is 2.51.